The van der Waals surface area contributed by atoms with Crippen LogP contribution in [0.3, 0.4) is 0 Å². The highest BCUT2D eigenvalue weighted by molar-refractivity contribution is 8.15. The van der Waals surface area contributed by atoms with Crippen LogP contribution in [-0.2, 0) is 9.67 Å². The maximum Gasteiger partial charge on any atom is 0.246 e. The van der Waals surface area contributed by atoms with Gasteiger partial charge in [-0.1, -0.05) is 68.1 Å². The van der Waals surface area contributed by atoms with Gasteiger partial charge in [0.25, 0.3) is 0 Å². The molecule has 0 saturated heterocycles. The van der Waals surface area contributed by atoms with Crippen molar-refractivity contribution in [1.82, 2.24) is 5.01 Å². The highest BCUT2D eigenvalue weighted by atomic mass is 32.2. The number of hydrogen-bond acceptors (Lipinski definition) is 3. The summed E-state index contributed by atoms with van der Waals surface area (Å²) in [7, 11) is 0. The van der Waals surface area contributed by atoms with E-state index in [1.54, 1.807) is 6.07 Å². The predicted molar refractivity (Wildman–Crippen MR) is 96.0 cm³/mol. The molecular formula is C19H19FN2OS. The predicted octanol–water partition coefficient (Wildman–Crippen LogP) is 4.59. The fourth-order valence-corrected chi connectivity index (χ4v) is 3.82. The number of nitrogens with zero attached hydrogens (tertiary/aromatic N) is 2. The second-order valence-electron chi connectivity index (χ2n) is 6.17. The average Bonchev–Trinajstić information content (AvgIpc) is 2.94. The van der Waals surface area contributed by atoms with E-state index in [0.29, 0.717) is 10.6 Å². The van der Waals surface area contributed by atoms with Crippen LogP contribution in [0.1, 0.15) is 31.9 Å². The summed E-state index contributed by atoms with van der Waals surface area (Å²) in [6, 6.07) is 16.1. The lowest BCUT2D eigenvalue weighted by atomic mass is 10.1. The summed E-state index contributed by atoms with van der Waals surface area (Å²) in [5, 5.41) is 6.73. The van der Waals surface area contributed by atoms with Crippen LogP contribution in [0.2, 0.25) is 0 Å². The summed E-state index contributed by atoms with van der Waals surface area (Å²) in [4.78, 5) is 12.1. The van der Waals surface area contributed by atoms with E-state index in [1.165, 1.54) is 28.9 Å². The Morgan fingerprint density at radius 3 is 2.50 bits per heavy atom. The molecule has 1 heterocycles. The van der Waals surface area contributed by atoms with Crippen molar-refractivity contribution in [3.63, 3.8) is 0 Å². The van der Waals surface area contributed by atoms with Crippen molar-refractivity contribution in [3.8, 4) is 0 Å². The van der Waals surface area contributed by atoms with Gasteiger partial charge in [-0.2, -0.15) is 5.10 Å². The van der Waals surface area contributed by atoms with Crippen molar-refractivity contribution in [3.05, 3.63) is 71.5 Å². The fraction of sp³-hybridized carbons (Fsp3) is 0.263. The van der Waals surface area contributed by atoms with E-state index >= 15 is 0 Å². The first-order chi connectivity index (χ1) is 11.4. The van der Waals surface area contributed by atoms with Crippen LogP contribution < -0.4 is 0 Å². The molecule has 1 unspecified atom stereocenters. The highest BCUT2D eigenvalue weighted by Gasteiger charge is 2.45. The zero-order valence-corrected chi connectivity index (χ0v) is 14.7. The molecule has 24 heavy (non-hydrogen) atoms. The van der Waals surface area contributed by atoms with Crippen LogP contribution >= 0.6 is 11.8 Å². The molecule has 0 radical (unpaired) electrons. The van der Waals surface area contributed by atoms with Gasteiger partial charge in [0.05, 0.1) is 0 Å². The van der Waals surface area contributed by atoms with Crippen LogP contribution in [0.5, 0.6) is 0 Å². The van der Waals surface area contributed by atoms with Gasteiger partial charge in [0.15, 0.2) is 0 Å². The van der Waals surface area contributed by atoms with Crippen molar-refractivity contribution in [1.29, 1.82) is 0 Å². The molecule has 3 nitrogen and oxygen atoms in total. The maximum atomic E-state index is 13.6. The Morgan fingerprint density at radius 2 is 1.88 bits per heavy atom. The fourth-order valence-electron chi connectivity index (χ4n) is 2.61. The van der Waals surface area contributed by atoms with Crippen LogP contribution in [0.15, 0.2) is 59.7 Å². The van der Waals surface area contributed by atoms with Crippen molar-refractivity contribution in [2.24, 2.45) is 11.0 Å². The minimum absolute atomic E-state index is 0.0553. The number of carbonyl (C=O) groups is 1. The van der Waals surface area contributed by atoms with Gasteiger partial charge in [0, 0.05) is 11.5 Å². The molecule has 2 aromatic carbocycles. The SMILES string of the molecule is CC(C)C(=O)N1N=C(c2cccc(F)c2)SC1(C)c1ccccc1. The molecule has 2 aromatic rings. The number of rotatable bonds is 3. The van der Waals surface area contributed by atoms with Crippen molar-refractivity contribution in [2.75, 3.05) is 0 Å². The maximum absolute atomic E-state index is 13.6. The van der Waals surface area contributed by atoms with Crippen molar-refractivity contribution < 1.29 is 9.18 Å². The molecule has 0 aliphatic carbocycles. The molecule has 5 heteroatoms. The third-order valence-electron chi connectivity index (χ3n) is 3.97. The average molecular weight is 342 g/mol. The molecule has 0 N–H and O–H groups in total. The smallest absolute Gasteiger partial charge is 0.246 e. The van der Waals surface area contributed by atoms with Gasteiger partial charge in [-0.05, 0) is 24.6 Å². The number of amides is 1. The lowest BCUT2D eigenvalue weighted by Gasteiger charge is -2.33. The second kappa shape index (κ2) is 6.40. The Kier molecular flexibility index (Phi) is 4.45. The van der Waals surface area contributed by atoms with Gasteiger partial charge < -0.3 is 0 Å². The molecule has 124 valence electrons. The lowest BCUT2D eigenvalue weighted by Crippen LogP contribution is -2.41. The molecule has 0 aromatic heterocycles. The van der Waals surface area contributed by atoms with Crippen molar-refractivity contribution in [2.45, 2.75) is 25.6 Å². The Bertz CT molecular complexity index is 791. The van der Waals surface area contributed by atoms with Gasteiger partial charge in [-0.25, -0.2) is 9.40 Å². The molecule has 0 saturated carbocycles. The first-order valence-electron chi connectivity index (χ1n) is 7.85. The van der Waals surface area contributed by atoms with Crippen molar-refractivity contribution >= 4 is 22.7 Å². The van der Waals surface area contributed by atoms with Gasteiger partial charge in [0.2, 0.25) is 5.91 Å². The number of carbonyl (C=O) groups excluding carboxylic acids is 1. The topological polar surface area (TPSA) is 32.7 Å². The summed E-state index contributed by atoms with van der Waals surface area (Å²) < 4.78 is 13.6. The third kappa shape index (κ3) is 2.96. The van der Waals surface area contributed by atoms with Crippen LogP contribution in [0.25, 0.3) is 0 Å². The minimum atomic E-state index is -0.649. The molecule has 1 aliphatic heterocycles. The Hall–Kier alpha value is -2.14. The molecule has 1 aliphatic rings. The van der Waals surface area contributed by atoms with E-state index in [0.717, 1.165) is 5.56 Å². The van der Waals surface area contributed by atoms with Crippen LogP contribution in [-0.4, -0.2) is 16.0 Å². The molecule has 0 fully saturated rings. The zero-order valence-electron chi connectivity index (χ0n) is 13.9. The van der Waals surface area contributed by atoms with E-state index in [4.69, 9.17) is 0 Å². The monoisotopic (exact) mass is 342 g/mol. The largest absolute Gasteiger partial charge is 0.273 e. The van der Waals surface area contributed by atoms with Gasteiger partial charge in [-0.15, -0.1) is 0 Å². The molecule has 1 atom stereocenters. The first kappa shape index (κ1) is 16.7. The Balaban J connectivity index is 2.06. The lowest BCUT2D eigenvalue weighted by molar-refractivity contribution is -0.137. The highest BCUT2D eigenvalue weighted by Crippen LogP contribution is 2.47. The summed E-state index contributed by atoms with van der Waals surface area (Å²) >= 11 is 1.47. The van der Waals surface area contributed by atoms with E-state index in [2.05, 4.69) is 5.10 Å². The molecule has 0 spiro atoms. The number of hydrazone groups is 1. The van der Waals surface area contributed by atoms with Gasteiger partial charge in [-0.3, -0.25) is 4.79 Å². The Labute approximate surface area is 145 Å². The summed E-state index contributed by atoms with van der Waals surface area (Å²) in [6.45, 7) is 5.69. The van der Waals surface area contributed by atoms with Gasteiger partial charge in [0.1, 0.15) is 15.7 Å². The normalized spacial score (nSPS) is 20.4. The second-order valence-corrected chi connectivity index (χ2v) is 7.56. The molecule has 3 rings (SSSR count). The van der Waals surface area contributed by atoms with Crippen LogP contribution in [0, 0.1) is 11.7 Å². The summed E-state index contributed by atoms with van der Waals surface area (Å²) in [6.07, 6.45) is 0. The number of halogens is 1. The number of hydrogen-bond donors (Lipinski definition) is 0. The molecular weight excluding hydrogens is 323 g/mol. The summed E-state index contributed by atoms with van der Waals surface area (Å²) in [5.74, 6) is -0.546. The standard InChI is InChI=1S/C19H19FN2OS/c1-13(2)18(23)22-19(3,15-9-5-4-6-10-15)24-17(21-22)14-8-7-11-16(20)12-14/h4-13H,1-3H3. The zero-order chi connectivity index (χ0) is 17.3. The van der Waals surface area contributed by atoms with E-state index in [1.807, 2.05) is 57.2 Å². The molecule has 1 amide bonds. The minimum Gasteiger partial charge on any atom is -0.273 e. The van der Waals surface area contributed by atoms with E-state index in [-0.39, 0.29) is 17.6 Å². The number of benzene rings is 2. The Morgan fingerprint density at radius 1 is 1.17 bits per heavy atom. The first-order valence-corrected chi connectivity index (χ1v) is 8.66. The van der Waals surface area contributed by atoms with E-state index in [9.17, 15) is 9.18 Å². The van der Waals surface area contributed by atoms with Gasteiger partial charge >= 0.3 is 0 Å². The van der Waals surface area contributed by atoms with E-state index < -0.39 is 4.87 Å². The summed E-state index contributed by atoms with van der Waals surface area (Å²) in [5.41, 5.74) is 1.67. The molecule has 0 bridgehead atoms. The third-order valence-corrected chi connectivity index (χ3v) is 5.29. The van der Waals surface area contributed by atoms with Crippen LogP contribution in [0.4, 0.5) is 4.39 Å². The number of thioether (sulfide) groups is 1. The quantitative estimate of drug-likeness (QED) is 0.817.